The van der Waals surface area contributed by atoms with Crippen LogP contribution in [0.5, 0.6) is 0 Å². The number of nitrogens with one attached hydrogen (secondary N) is 1. The number of benzene rings is 2. The van der Waals surface area contributed by atoms with E-state index in [-0.39, 0.29) is 6.04 Å². The van der Waals surface area contributed by atoms with Gasteiger partial charge in [-0.05, 0) is 56.2 Å². The van der Waals surface area contributed by atoms with E-state index in [1.54, 1.807) is 0 Å². The second-order valence-corrected chi connectivity index (χ2v) is 9.37. The Morgan fingerprint density at radius 1 is 1.16 bits per heavy atom. The molecule has 2 N–H and O–H groups in total. The van der Waals surface area contributed by atoms with Gasteiger partial charge in [0.05, 0.1) is 22.8 Å². The van der Waals surface area contributed by atoms with Crippen molar-refractivity contribution in [2.24, 2.45) is 5.92 Å². The van der Waals surface area contributed by atoms with Crippen LogP contribution in [0, 0.1) is 5.92 Å². The third-order valence-electron chi connectivity index (χ3n) is 7.62. The normalized spacial score (nSPS) is 27.1. The van der Waals surface area contributed by atoms with Crippen LogP contribution in [0.3, 0.4) is 0 Å². The molecule has 1 saturated heterocycles. The number of amides is 1. The molecule has 6 nitrogen and oxygen atoms in total. The molecule has 0 spiro atoms. The monoisotopic (exact) mass is 416 g/mol. The van der Waals surface area contributed by atoms with Crippen LogP contribution in [0.4, 0.5) is 10.5 Å². The summed E-state index contributed by atoms with van der Waals surface area (Å²) in [6.07, 6.45) is 4.09. The minimum atomic E-state index is -0.880. The molecule has 2 aliphatic heterocycles. The summed E-state index contributed by atoms with van der Waals surface area (Å²) in [6, 6.07) is 15.6. The highest BCUT2D eigenvalue weighted by Crippen LogP contribution is 2.44. The standard InChI is InChI=1S/C25H28N4O2/c1-15-7-9-18-20(28(15)25(30)31)11-12-21-23(18)27-22(13-16-5-3-2-4-6-16)29(21)24-17-8-10-19(24)26-14-17/h2-6,11-12,15,17,19,24,26H,7-10,13-14H2,1H3,(H,30,31)/t15-,17?,19?,24?/m0/s1. The molecule has 4 atom stereocenters. The third kappa shape index (κ3) is 2.88. The molecule has 3 aliphatic rings. The lowest BCUT2D eigenvalue weighted by atomic mass is 9.95. The highest BCUT2D eigenvalue weighted by molar-refractivity contribution is 5.94. The number of piperidine rings is 1. The Kier molecular flexibility index (Phi) is 4.32. The van der Waals surface area contributed by atoms with E-state index in [9.17, 15) is 9.90 Å². The fourth-order valence-corrected chi connectivity index (χ4v) is 6.18. The molecule has 6 heteroatoms. The molecular weight excluding hydrogens is 388 g/mol. The molecule has 3 unspecified atom stereocenters. The van der Waals surface area contributed by atoms with Crippen LogP contribution in [0.25, 0.3) is 11.0 Å². The van der Waals surface area contributed by atoms with Gasteiger partial charge in [0.2, 0.25) is 0 Å². The van der Waals surface area contributed by atoms with Gasteiger partial charge in [-0.1, -0.05) is 30.3 Å². The topological polar surface area (TPSA) is 70.4 Å². The SMILES string of the molecule is C[C@H]1CCc2c(ccc3c2nc(Cc2ccccc2)n3C2C3CCC2NC3)N1C(=O)O. The third-order valence-corrected chi connectivity index (χ3v) is 7.62. The van der Waals surface area contributed by atoms with Crippen molar-refractivity contribution in [3.05, 3.63) is 59.4 Å². The number of fused-ring (bicyclic) bond motifs is 5. The molecular formula is C25H28N4O2. The summed E-state index contributed by atoms with van der Waals surface area (Å²) in [5, 5.41) is 13.5. The van der Waals surface area contributed by atoms with E-state index >= 15 is 0 Å². The van der Waals surface area contributed by atoms with Gasteiger partial charge in [-0.2, -0.15) is 0 Å². The number of nitrogens with zero attached hydrogens (tertiary/aromatic N) is 3. The first-order valence-electron chi connectivity index (χ1n) is 11.4. The predicted octanol–water partition coefficient (Wildman–Crippen LogP) is 4.37. The number of hydrogen-bond donors (Lipinski definition) is 2. The second-order valence-electron chi connectivity index (χ2n) is 9.37. The van der Waals surface area contributed by atoms with Crippen LogP contribution in [0.2, 0.25) is 0 Å². The molecule has 6 rings (SSSR count). The van der Waals surface area contributed by atoms with Gasteiger partial charge in [0, 0.05) is 30.6 Å². The number of aromatic nitrogens is 2. The molecule has 1 amide bonds. The second kappa shape index (κ2) is 7.09. The molecule has 0 radical (unpaired) electrons. The van der Waals surface area contributed by atoms with Crippen molar-refractivity contribution in [2.45, 2.75) is 57.2 Å². The van der Waals surface area contributed by atoms with E-state index in [1.807, 2.05) is 19.1 Å². The van der Waals surface area contributed by atoms with Gasteiger partial charge < -0.3 is 15.0 Å². The Bertz CT molecular complexity index is 1140. The van der Waals surface area contributed by atoms with Crippen molar-refractivity contribution in [2.75, 3.05) is 11.4 Å². The number of carbonyl (C=O) groups is 1. The summed E-state index contributed by atoms with van der Waals surface area (Å²) in [5.41, 5.74) is 5.31. The summed E-state index contributed by atoms with van der Waals surface area (Å²) in [5.74, 6) is 1.74. The molecule has 2 fully saturated rings. The van der Waals surface area contributed by atoms with Crippen LogP contribution in [0.15, 0.2) is 42.5 Å². The van der Waals surface area contributed by atoms with Gasteiger partial charge in [-0.15, -0.1) is 0 Å². The summed E-state index contributed by atoms with van der Waals surface area (Å²) in [7, 11) is 0. The zero-order chi connectivity index (χ0) is 21.1. The highest BCUT2D eigenvalue weighted by Gasteiger charge is 2.44. The highest BCUT2D eigenvalue weighted by atomic mass is 16.4. The first-order chi connectivity index (χ1) is 15.1. The lowest BCUT2D eigenvalue weighted by Crippen LogP contribution is -2.41. The van der Waals surface area contributed by atoms with Gasteiger partial charge in [0.25, 0.3) is 0 Å². The Morgan fingerprint density at radius 2 is 2.00 bits per heavy atom. The van der Waals surface area contributed by atoms with Crippen molar-refractivity contribution in [1.29, 1.82) is 0 Å². The van der Waals surface area contributed by atoms with Crippen molar-refractivity contribution in [3.8, 4) is 0 Å². The maximum atomic E-state index is 12.0. The largest absolute Gasteiger partial charge is 0.465 e. The molecule has 160 valence electrons. The average molecular weight is 417 g/mol. The number of aryl methyl sites for hydroxylation is 1. The van der Waals surface area contributed by atoms with E-state index in [2.05, 4.69) is 40.2 Å². The van der Waals surface area contributed by atoms with Crippen molar-refractivity contribution < 1.29 is 9.90 Å². The molecule has 3 aromatic rings. The molecule has 31 heavy (non-hydrogen) atoms. The predicted molar refractivity (Wildman–Crippen MR) is 121 cm³/mol. The van der Waals surface area contributed by atoms with Crippen LogP contribution < -0.4 is 10.2 Å². The van der Waals surface area contributed by atoms with Crippen LogP contribution in [0.1, 0.15) is 49.2 Å². The number of hydrogen-bond acceptors (Lipinski definition) is 3. The molecule has 2 aromatic carbocycles. The Morgan fingerprint density at radius 3 is 2.68 bits per heavy atom. The minimum Gasteiger partial charge on any atom is -0.465 e. The van der Waals surface area contributed by atoms with E-state index in [0.29, 0.717) is 18.0 Å². The Labute approximate surface area is 181 Å². The van der Waals surface area contributed by atoms with E-state index in [1.165, 1.54) is 23.3 Å². The zero-order valence-electron chi connectivity index (χ0n) is 17.8. The lowest BCUT2D eigenvalue weighted by Gasteiger charge is -2.33. The number of carboxylic acid groups (broad SMARTS) is 1. The number of anilines is 1. The summed E-state index contributed by atoms with van der Waals surface area (Å²) < 4.78 is 2.49. The lowest BCUT2D eigenvalue weighted by molar-refractivity contribution is 0.198. The van der Waals surface area contributed by atoms with E-state index < -0.39 is 6.09 Å². The van der Waals surface area contributed by atoms with Gasteiger partial charge in [0.15, 0.2) is 0 Å². The molecule has 2 bridgehead atoms. The van der Waals surface area contributed by atoms with Crippen LogP contribution in [-0.2, 0) is 12.8 Å². The first-order valence-corrected chi connectivity index (χ1v) is 11.4. The van der Waals surface area contributed by atoms with Crippen molar-refractivity contribution in [1.82, 2.24) is 14.9 Å². The average Bonchev–Trinajstić information content (AvgIpc) is 3.45. The van der Waals surface area contributed by atoms with Gasteiger partial charge in [-0.25, -0.2) is 9.78 Å². The molecule has 1 aromatic heterocycles. The zero-order valence-corrected chi connectivity index (χ0v) is 17.8. The fraction of sp³-hybridized carbons (Fsp3) is 0.440. The van der Waals surface area contributed by atoms with E-state index in [4.69, 9.17) is 4.98 Å². The number of imidazole rings is 1. The first kappa shape index (κ1) is 18.9. The van der Waals surface area contributed by atoms with Gasteiger partial charge in [-0.3, -0.25) is 4.90 Å². The van der Waals surface area contributed by atoms with Crippen molar-refractivity contribution in [3.63, 3.8) is 0 Å². The Balaban J connectivity index is 1.54. The van der Waals surface area contributed by atoms with Crippen LogP contribution in [-0.4, -0.2) is 39.4 Å². The molecule has 3 heterocycles. The molecule has 1 saturated carbocycles. The quantitative estimate of drug-likeness (QED) is 0.665. The van der Waals surface area contributed by atoms with Crippen LogP contribution >= 0.6 is 0 Å². The minimum absolute atomic E-state index is 0.0109. The van der Waals surface area contributed by atoms with Crippen molar-refractivity contribution >= 4 is 22.8 Å². The smallest absolute Gasteiger partial charge is 0.412 e. The van der Waals surface area contributed by atoms with E-state index in [0.717, 1.165) is 53.9 Å². The molecule has 1 aliphatic carbocycles. The summed E-state index contributed by atoms with van der Waals surface area (Å²) in [4.78, 5) is 18.7. The Hall–Kier alpha value is -2.86. The fourth-order valence-electron chi connectivity index (χ4n) is 6.18. The maximum Gasteiger partial charge on any atom is 0.412 e. The maximum absolute atomic E-state index is 12.0. The van der Waals surface area contributed by atoms with Gasteiger partial charge in [0.1, 0.15) is 5.82 Å². The summed E-state index contributed by atoms with van der Waals surface area (Å²) >= 11 is 0. The number of rotatable bonds is 3. The summed E-state index contributed by atoms with van der Waals surface area (Å²) in [6.45, 7) is 3.07. The van der Waals surface area contributed by atoms with Gasteiger partial charge >= 0.3 is 6.09 Å².